The molecule has 0 radical (unpaired) electrons. The molecule has 0 unspecified atom stereocenters. The third-order valence-corrected chi connectivity index (χ3v) is 6.26. The number of aryl methyl sites for hydroxylation is 1. The third-order valence-electron chi connectivity index (χ3n) is 6.26. The Morgan fingerprint density at radius 3 is 2.42 bits per heavy atom. The van der Waals surface area contributed by atoms with Crippen LogP contribution in [0, 0.1) is 12.3 Å². The van der Waals surface area contributed by atoms with Crippen molar-refractivity contribution in [3.05, 3.63) is 59.7 Å². The van der Waals surface area contributed by atoms with Crippen LogP contribution in [0.3, 0.4) is 0 Å². The zero-order valence-corrected chi connectivity index (χ0v) is 14.2. The predicted octanol–water partition coefficient (Wildman–Crippen LogP) is 4.80. The summed E-state index contributed by atoms with van der Waals surface area (Å²) in [5, 5.41) is 10.1. The number of hydrogen-bond donors (Lipinski definition) is 1. The molecule has 1 N–H and O–H groups in total. The van der Waals surface area contributed by atoms with Crippen molar-refractivity contribution in [3.63, 3.8) is 0 Å². The zero-order valence-electron chi connectivity index (χ0n) is 14.2. The maximum Gasteiger partial charge on any atom is 0.0980 e. The Bertz CT molecular complexity index is 775. The lowest BCUT2D eigenvalue weighted by molar-refractivity contribution is -0.114. The Balaban J connectivity index is 1.46. The minimum atomic E-state index is -0.252. The van der Waals surface area contributed by atoms with E-state index in [1.165, 1.54) is 35.1 Å². The first-order chi connectivity index (χ1) is 11.6. The van der Waals surface area contributed by atoms with E-state index in [1.54, 1.807) is 0 Å². The van der Waals surface area contributed by atoms with Gasteiger partial charge in [-0.25, -0.2) is 0 Å². The molecule has 1 aliphatic heterocycles. The van der Waals surface area contributed by atoms with Crippen LogP contribution >= 0.6 is 0 Å². The molecule has 3 aliphatic rings. The van der Waals surface area contributed by atoms with Gasteiger partial charge in [-0.1, -0.05) is 48.0 Å². The maximum absolute atomic E-state index is 10.1. The summed E-state index contributed by atoms with van der Waals surface area (Å²) < 4.78 is 6.42. The average Bonchev–Trinajstić information content (AvgIpc) is 3.47. The van der Waals surface area contributed by atoms with Crippen LogP contribution in [0.4, 0.5) is 0 Å². The Labute approximate surface area is 143 Å². The van der Waals surface area contributed by atoms with E-state index in [9.17, 15) is 5.11 Å². The second-order valence-corrected chi connectivity index (χ2v) is 8.26. The molecule has 24 heavy (non-hydrogen) atoms. The molecule has 3 fully saturated rings. The van der Waals surface area contributed by atoms with Crippen molar-refractivity contribution in [2.24, 2.45) is 5.41 Å². The van der Waals surface area contributed by atoms with Gasteiger partial charge < -0.3 is 9.84 Å². The number of hydrogen-bond acceptors (Lipinski definition) is 2. The minimum absolute atomic E-state index is 0.129. The van der Waals surface area contributed by atoms with E-state index in [2.05, 4.69) is 55.5 Å². The Kier molecular flexibility index (Phi) is 3.02. The van der Waals surface area contributed by atoms with Crippen LogP contribution < -0.4 is 0 Å². The van der Waals surface area contributed by atoms with Gasteiger partial charge in [-0.05, 0) is 60.8 Å². The molecule has 2 aromatic carbocycles. The summed E-state index contributed by atoms with van der Waals surface area (Å²) in [6.07, 6.45) is 5.48. The quantitative estimate of drug-likeness (QED) is 0.861. The smallest absolute Gasteiger partial charge is 0.0980 e. The van der Waals surface area contributed by atoms with Crippen LogP contribution in [0.2, 0.25) is 0 Å². The molecule has 0 amide bonds. The van der Waals surface area contributed by atoms with Gasteiger partial charge in [-0.3, -0.25) is 0 Å². The summed E-state index contributed by atoms with van der Waals surface area (Å²) in [6.45, 7) is 2.12. The van der Waals surface area contributed by atoms with E-state index in [1.807, 2.05) is 0 Å². The topological polar surface area (TPSA) is 29.5 Å². The van der Waals surface area contributed by atoms with Crippen LogP contribution in [-0.2, 0) is 4.74 Å². The first-order valence-corrected chi connectivity index (χ1v) is 9.11. The molecule has 1 saturated heterocycles. The third kappa shape index (κ3) is 2.40. The number of aliphatic hydroxyl groups is 1. The summed E-state index contributed by atoms with van der Waals surface area (Å²) in [4.78, 5) is 0. The van der Waals surface area contributed by atoms with Gasteiger partial charge in [0.1, 0.15) is 0 Å². The lowest BCUT2D eigenvalue weighted by Gasteiger charge is -2.37. The minimum Gasteiger partial charge on any atom is -0.390 e. The van der Waals surface area contributed by atoms with Gasteiger partial charge >= 0.3 is 0 Å². The highest BCUT2D eigenvalue weighted by atomic mass is 16.5. The van der Waals surface area contributed by atoms with Gasteiger partial charge in [0.15, 0.2) is 0 Å². The van der Waals surface area contributed by atoms with Crippen LogP contribution in [-0.4, -0.2) is 16.8 Å². The van der Waals surface area contributed by atoms with E-state index in [-0.39, 0.29) is 17.8 Å². The summed E-state index contributed by atoms with van der Waals surface area (Å²) >= 11 is 0. The van der Waals surface area contributed by atoms with Crippen molar-refractivity contribution >= 4 is 0 Å². The van der Waals surface area contributed by atoms with Crippen molar-refractivity contribution in [3.8, 4) is 11.1 Å². The summed E-state index contributed by atoms with van der Waals surface area (Å²) in [7, 11) is 0. The van der Waals surface area contributed by atoms with Gasteiger partial charge in [0.25, 0.3) is 0 Å². The van der Waals surface area contributed by atoms with Crippen LogP contribution in [0.25, 0.3) is 11.1 Å². The largest absolute Gasteiger partial charge is 0.390 e. The molecule has 2 heteroatoms. The van der Waals surface area contributed by atoms with Gasteiger partial charge in [-0.15, -0.1) is 0 Å². The van der Waals surface area contributed by atoms with E-state index in [0.717, 1.165) is 19.3 Å². The van der Waals surface area contributed by atoms with E-state index in [0.29, 0.717) is 5.41 Å². The lowest BCUT2D eigenvalue weighted by Crippen LogP contribution is -2.33. The highest BCUT2D eigenvalue weighted by Crippen LogP contribution is 2.66. The summed E-state index contributed by atoms with van der Waals surface area (Å²) in [5.41, 5.74) is 5.25. The molecule has 2 spiro atoms. The highest BCUT2D eigenvalue weighted by molar-refractivity contribution is 5.64. The van der Waals surface area contributed by atoms with Gasteiger partial charge in [0.2, 0.25) is 0 Å². The fourth-order valence-corrected chi connectivity index (χ4v) is 4.46. The molecule has 1 heterocycles. The maximum atomic E-state index is 10.1. The monoisotopic (exact) mass is 320 g/mol. The Morgan fingerprint density at radius 1 is 1.00 bits per heavy atom. The predicted molar refractivity (Wildman–Crippen MR) is 94.7 cm³/mol. The van der Waals surface area contributed by atoms with Crippen molar-refractivity contribution in [2.45, 2.75) is 56.8 Å². The van der Waals surface area contributed by atoms with Crippen LogP contribution in [0.5, 0.6) is 0 Å². The van der Waals surface area contributed by atoms with Gasteiger partial charge in [0.05, 0.1) is 17.8 Å². The zero-order chi connectivity index (χ0) is 16.4. The van der Waals surface area contributed by atoms with Crippen LogP contribution in [0.1, 0.15) is 49.3 Å². The highest BCUT2D eigenvalue weighted by Gasteiger charge is 2.65. The number of rotatable bonds is 2. The van der Waals surface area contributed by atoms with E-state index >= 15 is 0 Å². The Morgan fingerprint density at radius 2 is 1.75 bits per heavy atom. The molecule has 2 saturated carbocycles. The van der Waals surface area contributed by atoms with Gasteiger partial charge in [-0.2, -0.15) is 0 Å². The molecule has 2 nitrogen and oxygen atoms in total. The van der Waals surface area contributed by atoms with Crippen LogP contribution in [0.15, 0.2) is 48.5 Å². The first kappa shape index (κ1) is 14.7. The number of aliphatic hydroxyl groups excluding tert-OH is 1. The second kappa shape index (κ2) is 4.93. The molecular weight excluding hydrogens is 296 g/mol. The van der Waals surface area contributed by atoms with E-state index < -0.39 is 0 Å². The molecule has 2 aromatic rings. The fourth-order valence-electron chi connectivity index (χ4n) is 4.46. The standard InChI is InChI=1S/C22H24O2/c1-15-5-7-16(8-6-15)17-3-2-4-18(11-17)19-12-21(9-10-21)14-22(24-19)13-20(22)23/h2-8,11,19-20,23H,9-10,12-14H2,1H3/t19-,20+,22-/m1/s1. The van der Waals surface area contributed by atoms with Gasteiger partial charge in [0, 0.05) is 6.42 Å². The van der Waals surface area contributed by atoms with Crippen molar-refractivity contribution in [2.75, 3.05) is 0 Å². The molecule has 5 rings (SSSR count). The molecule has 124 valence electrons. The average molecular weight is 320 g/mol. The summed E-state index contributed by atoms with van der Waals surface area (Å²) in [6, 6.07) is 17.5. The SMILES string of the molecule is Cc1ccc(-c2cccc([C@H]3CC4(CC4)C[C@@]4(C[C@@H]4O)O3)c2)cc1. The fraction of sp³-hybridized carbons (Fsp3) is 0.455. The molecule has 0 bridgehead atoms. The second-order valence-electron chi connectivity index (χ2n) is 8.26. The molecule has 0 aromatic heterocycles. The molecular formula is C22H24O2. The molecule has 2 aliphatic carbocycles. The first-order valence-electron chi connectivity index (χ1n) is 9.11. The van der Waals surface area contributed by atoms with Crippen molar-refractivity contribution < 1.29 is 9.84 Å². The number of ether oxygens (including phenoxy) is 1. The number of benzene rings is 2. The van der Waals surface area contributed by atoms with E-state index in [4.69, 9.17) is 4.74 Å². The van der Waals surface area contributed by atoms with Crippen molar-refractivity contribution in [1.29, 1.82) is 0 Å². The normalized spacial score (nSPS) is 32.9. The summed E-state index contributed by atoms with van der Waals surface area (Å²) in [5.74, 6) is 0. The molecule has 3 atom stereocenters. The van der Waals surface area contributed by atoms with Crippen molar-refractivity contribution in [1.82, 2.24) is 0 Å². The Hall–Kier alpha value is -1.64. The lowest BCUT2D eigenvalue weighted by atomic mass is 9.84.